The maximum atomic E-state index is 9.56. The molecule has 2 N–H and O–H groups in total. The fourth-order valence-corrected chi connectivity index (χ4v) is 2.77. The summed E-state index contributed by atoms with van der Waals surface area (Å²) in [7, 11) is 1.97. The van der Waals surface area contributed by atoms with Gasteiger partial charge < -0.3 is 10.4 Å². The predicted octanol–water partition coefficient (Wildman–Crippen LogP) is 3.15. The number of phenols is 1. The molecule has 20 heavy (non-hydrogen) atoms. The van der Waals surface area contributed by atoms with Crippen molar-refractivity contribution in [3.63, 3.8) is 0 Å². The molecule has 0 bridgehead atoms. The summed E-state index contributed by atoms with van der Waals surface area (Å²) in [5.74, 6) is 0.303. The summed E-state index contributed by atoms with van der Waals surface area (Å²) < 4.78 is 1.92. The molecule has 2 atom stereocenters. The minimum absolute atomic E-state index is 0.163. The largest absolute Gasteiger partial charge is 0.508 e. The molecule has 0 saturated carbocycles. The maximum absolute atomic E-state index is 9.56. The first kappa shape index (κ1) is 14.6. The lowest BCUT2D eigenvalue weighted by Crippen LogP contribution is -2.23. The number of nitrogens with one attached hydrogen (secondary N) is 1. The Labute approximate surface area is 120 Å². The zero-order chi connectivity index (χ0) is 14.9. The molecule has 2 aromatic rings. The number of hydrogen-bond donors (Lipinski definition) is 2. The van der Waals surface area contributed by atoms with Crippen LogP contribution in [0.5, 0.6) is 5.75 Å². The van der Waals surface area contributed by atoms with Crippen LogP contribution in [0.4, 0.5) is 0 Å². The summed E-state index contributed by atoms with van der Waals surface area (Å²) in [5.41, 5.74) is 4.58. The summed E-state index contributed by atoms with van der Waals surface area (Å²) in [6.45, 7) is 8.38. The van der Waals surface area contributed by atoms with Crippen LogP contribution in [0.1, 0.15) is 48.4 Å². The van der Waals surface area contributed by atoms with Crippen LogP contribution in [0.25, 0.3) is 0 Å². The standard InChI is InChI=1S/C16H23N3O/c1-10(14-7-6-8-15(20)9-14)17-11(2)16-12(3)18-19(5)13(16)4/h6-11,17,20H,1-5H3. The third kappa shape index (κ3) is 2.85. The molecule has 1 aromatic carbocycles. The van der Waals surface area contributed by atoms with Crippen molar-refractivity contribution in [2.45, 2.75) is 39.8 Å². The number of hydrogen-bond acceptors (Lipinski definition) is 3. The van der Waals surface area contributed by atoms with Crippen molar-refractivity contribution in [1.29, 1.82) is 0 Å². The number of benzene rings is 1. The molecule has 4 nitrogen and oxygen atoms in total. The van der Waals surface area contributed by atoms with E-state index in [1.165, 1.54) is 11.3 Å². The van der Waals surface area contributed by atoms with Gasteiger partial charge in [0, 0.05) is 30.4 Å². The normalized spacial score (nSPS) is 14.2. The van der Waals surface area contributed by atoms with E-state index in [9.17, 15) is 5.11 Å². The first-order valence-electron chi connectivity index (χ1n) is 6.95. The lowest BCUT2D eigenvalue weighted by Gasteiger charge is -2.21. The van der Waals surface area contributed by atoms with E-state index in [4.69, 9.17) is 0 Å². The van der Waals surface area contributed by atoms with Crippen molar-refractivity contribution >= 4 is 0 Å². The summed E-state index contributed by atoms with van der Waals surface area (Å²) in [6.07, 6.45) is 0. The molecule has 1 heterocycles. The van der Waals surface area contributed by atoms with Gasteiger partial charge in [0.1, 0.15) is 5.75 Å². The number of aromatic nitrogens is 2. The van der Waals surface area contributed by atoms with Gasteiger partial charge in [0.15, 0.2) is 0 Å². The third-order valence-corrected chi connectivity index (χ3v) is 3.87. The number of phenolic OH excluding ortho intramolecular Hbond substituents is 1. The average molecular weight is 273 g/mol. The Morgan fingerprint density at radius 2 is 1.90 bits per heavy atom. The van der Waals surface area contributed by atoms with E-state index in [0.29, 0.717) is 5.75 Å². The molecule has 108 valence electrons. The van der Waals surface area contributed by atoms with Crippen LogP contribution < -0.4 is 5.32 Å². The molecule has 0 radical (unpaired) electrons. The van der Waals surface area contributed by atoms with Gasteiger partial charge in [-0.3, -0.25) is 4.68 Å². The van der Waals surface area contributed by atoms with Crippen molar-refractivity contribution in [3.8, 4) is 5.75 Å². The molecule has 0 aliphatic carbocycles. The number of nitrogens with zero attached hydrogens (tertiary/aromatic N) is 2. The summed E-state index contributed by atoms with van der Waals surface area (Å²) in [5, 5.41) is 17.6. The van der Waals surface area contributed by atoms with E-state index in [0.717, 1.165) is 11.3 Å². The summed E-state index contributed by atoms with van der Waals surface area (Å²) in [4.78, 5) is 0. The Kier molecular flexibility index (Phi) is 4.14. The van der Waals surface area contributed by atoms with Crippen LogP contribution in [0.2, 0.25) is 0 Å². The Balaban J connectivity index is 2.17. The second-order valence-corrected chi connectivity index (χ2v) is 5.41. The first-order chi connectivity index (χ1) is 9.40. The van der Waals surface area contributed by atoms with Gasteiger partial charge >= 0.3 is 0 Å². The minimum Gasteiger partial charge on any atom is -0.508 e. The molecular formula is C16H23N3O. The Hall–Kier alpha value is -1.81. The highest BCUT2D eigenvalue weighted by Crippen LogP contribution is 2.25. The van der Waals surface area contributed by atoms with Crippen molar-refractivity contribution in [2.24, 2.45) is 7.05 Å². The van der Waals surface area contributed by atoms with Gasteiger partial charge in [-0.05, 0) is 45.4 Å². The molecule has 0 spiro atoms. The van der Waals surface area contributed by atoms with Crippen LogP contribution in [0.3, 0.4) is 0 Å². The lowest BCUT2D eigenvalue weighted by molar-refractivity contribution is 0.465. The van der Waals surface area contributed by atoms with Gasteiger partial charge in [-0.2, -0.15) is 5.10 Å². The summed E-state index contributed by atoms with van der Waals surface area (Å²) in [6, 6.07) is 7.75. The minimum atomic E-state index is 0.163. The van der Waals surface area contributed by atoms with Crippen molar-refractivity contribution < 1.29 is 5.11 Å². The van der Waals surface area contributed by atoms with Crippen LogP contribution in [0, 0.1) is 13.8 Å². The topological polar surface area (TPSA) is 50.1 Å². The Morgan fingerprint density at radius 1 is 1.20 bits per heavy atom. The van der Waals surface area contributed by atoms with Gasteiger partial charge in [0.2, 0.25) is 0 Å². The van der Waals surface area contributed by atoms with E-state index in [-0.39, 0.29) is 12.1 Å². The smallest absolute Gasteiger partial charge is 0.115 e. The quantitative estimate of drug-likeness (QED) is 0.899. The second kappa shape index (κ2) is 5.67. The highest BCUT2D eigenvalue weighted by Gasteiger charge is 2.18. The number of aromatic hydroxyl groups is 1. The van der Waals surface area contributed by atoms with Crippen LogP contribution in [-0.4, -0.2) is 14.9 Å². The van der Waals surface area contributed by atoms with Gasteiger partial charge in [-0.1, -0.05) is 12.1 Å². The van der Waals surface area contributed by atoms with Crippen molar-refractivity contribution in [3.05, 3.63) is 46.8 Å². The molecule has 1 aromatic heterocycles. The molecule has 4 heteroatoms. The maximum Gasteiger partial charge on any atom is 0.115 e. The van der Waals surface area contributed by atoms with E-state index in [2.05, 4.69) is 31.2 Å². The van der Waals surface area contributed by atoms with Gasteiger partial charge in [-0.25, -0.2) is 0 Å². The molecule has 2 rings (SSSR count). The van der Waals surface area contributed by atoms with Crippen LogP contribution in [-0.2, 0) is 7.05 Å². The Bertz CT molecular complexity index is 604. The molecular weight excluding hydrogens is 250 g/mol. The van der Waals surface area contributed by atoms with Crippen LogP contribution in [0.15, 0.2) is 24.3 Å². The van der Waals surface area contributed by atoms with E-state index in [1.54, 1.807) is 12.1 Å². The zero-order valence-corrected chi connectivity index (χ0v) is 12.8. The highest BCUT2D eigenvalue weighted by atomic mass is 16.3. The van der Waals surface area contributed by atoms with Gasteiger partial charge in [0.05, 0.1) is 5.69 Å². The lowest BCUT2D eigenvalue weighted by atomic mass is 10.0. The monoisotopic (exact) mass is 273 g/mol. The summed E-state index contributed by atoms with van der Waals surface area (Å²) >= 11 is 0. The molecule has 0 aliphatic heterocycles. The highest BCUT2D eigenvalue weighted by molar-refractivity contribution is 5.31. The van der Waals surface area contributed by atoms with Crippen molar-refractivity contribution in [2.75, 3.05) is 0 Å². The molecule has 0 saturated heterocycles. The fourth-order valence-electron chi connectivity index (χ4n) is 2.77. The molecule has 0 amide bonds. The van der Waals surface area contributed by atoms with E-state index in [1.807, 2.05) is 30.8 Å². The molecule has 2 unspecified atom stereocenters. The second-order valence-electron chi connectivity index (χ2n) is 5.41. The van der Waals surface area contributed by atoms with Crippen molar-refractivity contribution in [1.82, 2.24) is 15.1 Å². The number of rotatable bonds is 4. The number of aryl methyl sites for hydroxylation is 2. The predicted molar refractivity (Wildman–Crippen MR) is 80.8 cm³/mol. The molecule has 0 fully saturated rings. The third-order valence-electron chi connectivity index (χ3n) is 3.87. The van der Waals surface area contributed by atoms with Gasteiger partial charge in [-0.15, -0.1) is 0 Å². The van der Waals surface area contributed by atoms with Crippen LogP contribution >= 0.6 is 0 Å². The van der Waals surface area contributed by atoms with Gasteiger partial charge in [0.25, 0.3) is 0 Å². The van der Waals surface area contributed by atoms with E-state index >= 15 is 0 Å². The van der Waals surface area contributed by atoms with E-state index < -0.39 is 0 Å². The fraction of sp³-hybridized carbons (Fsp3) is 0.438. The average Bonchev–Trinajstić information content (AvgIpc) is 2.63. The Morgan fingerprint density at radius 3 is 2.45 bits per heavy atom. The first-order valence-corrected chi connectivity index (χ1v) is 6.95. The zero-order valence-electron chi connectivity index (χ0n) is 12.8. The molecule has 0 aliphatic rings. The SMILES string of the molecule is Cc1nn(C)c(C)c1C(C)NC(C)c1cccc(O)c1.